The van der Waals surface area contributed by atoms with E-state index in [2.05, 4.69) is 15.1 Å². The van der Waals surface area contributed by atoms with Gasteiger partial charge in [-0.15, -0.1) is 4.73 Å². The third-order valence-corrected chi connectivity index (χ3v) is 5.92. The number of nitrogens with zero attached hydrogens (tertiary/aromatic N) is 5. The summed E-state index contributed by atoms with van der Waals surface area (Å²) >= 11 is 12.3. The highest BCUT2D eigenvalue weighted by Crippen LogP contribution is 2.33. The Morgan fingerprint density at radius 3 is 2.73 bits per heavy atom. The zero-order valence-corrected chi connectivity index (χ0v) is 19.0. The summed E-state index contributed by atoms with van der Waals surface area (Å²) in [6.45, 7) is 1.62. The molecule has 1 N–H and O–H groups in total. The van der Waals surface area contributed by atoms with Crippen molar-refractivity contribution in [2.75, 3.05) is 0 Å². The van der Waals surface area contributed by atoms with Crippen molar-refractivity contribution in [1.82, 2.24) is 29.0 Å². The average molecular weight is 487 g/mol. The van der Waals surface area contributed by atoms with E-state index in [0.717, 1.165) is 16.0 Å². The third kappa shape index (κ3) is 3.79. The Morgan fingerprint density at radius 2 is 1.97 bits per heavy atom. The number of rotatable bonds is 5. The fraction of sp³-hybridized carbons (Fsp3) is 0.136. The second kappa shape index (κ2) is 8.09. The van der Waals surface area contributed by atoms with Gasteiger partial charge in [0.25, 0.3) is 0 Å². The normalized spacial score (nSPS) is 12.4. The Morgan fingerprint density at radius 1 is 1.15 bits per heavy atom. The zero-order chi connectivity index (χ0) is 23.3. The molecule has 33 heavy (non-hydrogen) atoms. The van der Waals surface area contributed by atoms with E-state index in [0.29, 0.717) is 16.9 Å². The van der Waals surface area contributed by atoms with Crippen molar-refractivity contribution in [2.24, 2.45) is 7.05 Å². The van der Waals surface area contributed by atoms with Gasteiger partial charge in [0.05, 0.1) is 22.6 Å². The van der Waals surface area contributed by atoms with Crippen LogP contribution in [-0.4, -0.2) is 29.0 Å². The molecule has 0 saturated carbocycles. The molecular weight excluding hydrogens is 470 g/mol. The van der Waals surface area contributed by atoms with Crippen LogP contribution in [0.25, 0.3) is 28.1 Å². The molecule has 4 heterocycles. The van der Waals surface area contributed by atoms with Crippen molar-refractivity contribution in [3.63, 3.8) is 0 Å². The number of aromatic amines is 1. The largest absolute Gasteiger partial charge is 0.401 e. The molecule has 11 heteroatoms. The molecule has 5 rings (SSSR count). The number of nitrogens with one attached hydrogen (secondary N) is 1. The molecule has 1 aromatic carbocycles. The lowest BCUT2D eigenvalue weighted by Gasteiger charge is -2.17. The molecule has 0 saturated heterocycles. The predicted octanol–water partition coefficient (Wildman–Crippen LogP) is 4.55. The molecular formula is C22H17Cl2FN6O2. The van der Waals surface area contributed by atoms with Crippen molar-refractivity contribution >= 4 is 34.4 Å². The summed E-state index contributed by atoms with van der Waals surface area (Å²) < 4.78 is 18.6. The van der Waals surface area contributed by atoms with E-state index in [9.17, 15) is 9.18 Å². The summed E-state index contributed by atoms with van der Waals surface area (Å²) in [5, 5.41) is 4.46. The molecule has 1 unspecified atom stereocenters. The third-order valence-electron chi connectivity index (χ3n) is 5.21. The maximum atomic E-state index is 13.9. The molecule has 0 aliphatic carbocycles. The van der Waals surface area contributed by atoms with Crippen LogP contribution < -0.4 is 10.5 Å². The van der Waals surface area contributed by atoms with E-state index in [-0.39, 0.29) is 15.6 Å². The van der Waals surface area contributed by atoms with Crippen molar-refractivity contribution in [2.45, 2.75) is 13.0 Å². The number of fused-ring (bicyclic) bond motifs is 1. The molecule has 168 valence electrons. The Hall–Kier alpha value is -3.56. The number of hydrogen-bond donors (Lipinski definition) is 1. The van der Waals surface area contributed by atoms with Crippen molar-refractivity contribution < 1.29 is 9.23 Å². The average Bonchev–Trinajstić information content (AvgIpc) is 3.50. The molecule has 0 spiro atoms. The van der Waals surface area contributed by atoms with Gasteiger partial charge in [0.2, 0.25) is 0 Å². The van der Waals surface area contributed by atoms with Gasteiger partial charge < -0.3 is 9.40 Å². The van der Waals surface area contributed by atoms with Crippen LogP contribution in [-0.2, 0) is 7.05 Å². The number of imidazole rings is 1. The first-order valence-corrected chi connectivity index (χ1v) is 10.7. The zero-order valence-electron chi connectivity index (χ0n) is 17.5. The molecule has 5 aromatic rings. The number of pyridine rings is 1. The van der Waals surface area contributed by atoms with Crippen molar-refractivity contribution in [1.29, 1.82) is 0 Å². The van der Waals surface area contributed by atoms with E-state index in [4.69, 9.17) is 28.0 Å². The van der Waals surface area contributed by atoms with Gasteiger partial charge in [-0.3, -0.25) is 4.98 Å². The molecule has 4 aromatic heterocycles. The standard InChI is InChI=1S/C22H17Cl2FN6O2/c1-12(19-15(23)3-4-16(25)20(19)24)33-31-18-6-5-17(27-21(18)28-22(31)32)13-9-26-30(10-13)14-7-8-29(2)11-14/h3-12H,1-2H3,(H,27,28,32). The second-order valence-electron chi connectivity index (χ2n) is 7.50. The van der Waals surface area contributed by atoms with Gasteiger partial charge >= 0.3 is 5.69 Å². The quantitative estimate of drug-likeness (QED) is 0.369. The SMILES string of the molecule is CC(On1c(=O)[nH]c2nc(-c3cnn(-c4ccn(C)c4)c3)ccc21)c1c(Cl)ccc(F)c1Cl. The summed E-state index contributed by atoms with van der Waals surface area (Å²) in [6, 6.07) is 7.97. The summed E-state index contributed by atoms with van der Waals surface area (Å²) in [4.78, 5) is 25.6. The first-order chi connectivity index (χ1) is 15.8. The van der Waals surface area contributed by atoms with E-state index < -0.39 is 17.6 Å². The van der Waals surface area contributed by atoms with Gasteiger partial charge in [0.15, 0.2) is 11.8 Å². The first-order valence-electron chi connectivity index (χ1n) is 9.91. The summed E-state index contributed by atoms with van der Waals surface area (Å²) in [6.07, 6.45) is 6.62. The summed E-state index contributed by atoms with van der Waals surface area (Å²) in [7, 11) is 1.93. The molecule has 0 aliphatic rings. The maximum absolute atomic E-state index is 13.9. The number of benzene rings is 1. The molecule has 1 atom stereocenters. The summed E-state index contributed by atoms with van der Waals surface area (Å²) in [5.74, 6) is -0.625. The van der Waals surface area contributed by atoms with Crippen LogP contribution in [0.15, 0.2) is 59.9 Å². The van der Waals surface area contributed by atoms with E-state index in [1.807, 2.05) is 36.3 Å². The van der Waals surface area contributed by atoms with E-state index in [1.165, 1.54) is 12.1 Å². The second-order valence-corrected chi connectivity index (χ2v) is 8.29. The van der Waals surface area contributed by atoms with Crippen LogP contribution in [0, 0.1) is 5.82 Å². The first kappa shape index (κ1) is 21.3. The lowest BCUT2D eigenvalue weighted by molar-refractivity contribution is 0.0492. The number of halogens is 3. The summed E-state index contributed by atoms with van der Waals surface area (Å²) in [5.41, 5.74) is 2.77. The van der Waals surface area contributed by atoms with Crippen LogP contribution in [0.5, 0.6) is 0 Å². The Balaban J connectivity index is 1.47. The topological polar surface area (TPSA) is 82.7 Å². The molecule has 0 amide bonds. The van der Waals surface area contributed by atoms with Gasteiger partial charge in [0, 0.05) is 41.8 Å². The number of aryl methyl sites for hydroxylation is 1. The number of aromatic nitrogens is 6. The monoisotopic (exact) mass is 486 g/mol. The Kier molecular flexibility index (Phi) is 5.22. The molecule has 0 fully saturated rings. The van der Waals surface area contributed by atoms with E-state index >= 15 is 0 Å². The fourth-order valence-electron chi connectivity index (χ4n) is 3.58. The lowest BCUT2D eigenvalue weighted by atomic mass is 10.1. The molecule has 0 aliphatic heterocycles. The fourth-order valence-corrected chi connectivity index (χ4v) is 4.26. The minimum atomic E-state index is -0.804. The predicted molar refractivity (Wildman–Crippen MR) is 123 cm³/mol. The maximum Gasteiger partial charge on any atom is 0.360 e. The lowest BCUT2D eigenvalue weighted by Crippen LogP contribution is -2.26. The van der Waals surface area contributed by atoms with E-state index in [1.54, 1.807) is 29.9 Å². The van der Waals surface area contributed by atoms with Gasteiger partial charge in [0.1, 0.15) is 11.3 Å². The molecule has 0 bridgehead atoms. The van der Waals surface area contributed by atoms with Crippen LogP contribution in [0.2, 0.25) is 10.0 Å². The van der Waals surface area contributed by atoms with Gasteiger partial charge in [-0.2, -0.15) is 5.10 Å². The Labute approximate surface area is 196 Å². The molecule has 0 radical (unpaired) electrons. The van der Waals surface area contributed by atoms with Crippen molar-refractivity contribution in [3.8, 4) is 16.9 Å². The highest BCUT2D eigenvalue weighted by atomic mass is 35.5. The number of H-pyrrole nitrogens is 1. The van der Waals surface area contributed by atoms with Crippen LogP contribution >= 0.6 is 23.2 Å². The number of hydrogen-bond acceptors (Lipinski definition) is 4. The van der Waals surface area contributed by atoms with Crippen LogP contribution in [0.3, 0.4) is 0 Å². The van der Waals surface area contributed by atoms with Gasteiger partial charge in [-0.25, -0.2) is 18.9 Å². The smallest absolute Gasteiger partial charge is 0.360 e. The molecule has 8 nitrogen and oxygen atoms in total. The Bertz CT molecular complexity index is 1550. The van der Waals surface area contributed by atoms with Crippen LogP contribution in [0.4, 0.5) is 4.39 Å². The highest BCUT2D eigenvalue weighted by Gasteiger charge is 2.21. The highest BCUT2D eigenvalue weighted by molar-refractivity contribution is 6.36. The van der Waals surface area contributed by atoms with Crippen molar-refractivity contribution in [3.05, 3.63) is 87.0 Å². The minimum Gasteiger partial charge on any atom is -0.401 e. The van der Waals surface area contributed by atoms with Crippen LogP contribution in [0.1, 0.15) is 18.6 Å². The van der Waals surface area contributed by atoms with Gasteiger partial charge in [-0.1, -0.05) is 23.2 Å². The minimum absolute atomic E-state index is 0.154. The van der Waals surface area contributed by atoms with Gasteiger partial charge in [-0.05, 0) is 37.3 Å².